The van der Waals surface area contributed by atoms with E-state index in [0.717, 1.165) is 75.2 Å². The minimum Gasteiger partial charge on any atom is -0.384 e. The first-order valence-electron chi connectivity index (χ1n) is 11.7. The number of anilines is 3. The van der Waals surface area contributed by atoms with Crippen LogP contribution >= 0.6 is 0 Å². The molecule has 3 heterocycles. The number of rotatable bonds is 10. The average Bonchev–Trinajstić information content (AvgIpc) is 2.81. The van der Waals surface area contributed by atoms with Gasteiger partial charge in [-0.2, -0.15) is 4.98 Å². The standard InChI is InChI=1S/C25H34N6O/c1-19-7-8-21-22(9-12-27-23(21)17-19)26-10-5-3-4-6-11-28-24-18-20(2)29-25(30-24)31-13-15-32-16-14-31/h7-9,12,17-18H,3-6,10-11,13-16H2,1-2H3,(H,26,27)(H,28,29,30). The Hall–Kier alpha value is -2.93. The molecule has 0 spiro atoms. The number of ether oxygens (including phenoxy) is 1. The maximum absolute atomic E-state index is 5.43. The number of benzene rings is 1. The van der Waals surface area contributed by atoms with E-state index in [4.69, 9.17) is 9.72 Å². The average molecular weight is 435 g/mol. The zero-order valence-corrected chi connectivity index (χ0v) is 19.2. The van der Waals surface area contributed by atoms with E-state index >= 15 is 0 Å². The molecule has 170 valence electrons. The number of nitrogens with one attached hydrogen (secondary N) is 2. The second-order valence-electron chi connectivity index (χ2n) is 8.44. The molecule has 1 aliphatic rings. The normalized spacial score (nSPS) is 14.0. The van der Waals surface area contributed by atoms with Crippen molar-refractivity contribution in [3.8, 4) is 0 Å². The van der Waals surface area contributed by atoms with Crippen LogP contribution in [-0.4, -0.2) is 54.3 Å². The van der Waals surface area contributed by atoms with Crippen molar-refractivity contribution in [2.75, 3.05) is 54.9 Å². The van der Waals surface area contributed by atoms with Gasteiger partial charge in [0.1, 0.15) is 5.82 Å². The number of aryl methyl sites for hydroxylation is 2. The third-order valence-corrected chi connectivity index (χ3v) is 5.76. The van der Waals surface area contributed by atoms with Gasteiger partial charge in [-0.1, -0.05) is 25.0 Å². The molecule has 1 fully saturated rings. The molecule has 0 radical (unpaired) electrons. The quantitative estimate of drug-likeness (QED) is 0.453. The van der Waals surface area contributed by atoms with Gasteiger partial charge in [-0.3, -0.25) is 4.98 Å². The Morgan fingerprint density at radius 2 is 1.69 bits per heavy atom. The predicted octanol–water partition coefficient (Wildman–Crippen LogP) is 4.56. The lowest BCUT2D eigenvalue weighted by Gasteiger charge is -2.27. The number of hydrogen-bond acceptors (Lipinski definition) is 7. The van der Waals surface area contributed by atoms with E-state index < -0.39 is 0 Å². The Morgan fingerprint density at radius 3 is 2.50 bits per heavy atom. The molecule has 0 amide bonds. The number of aromatic nitrogens is 3. The smallest absolute Gasteiger partial charge is 0.227 e. The van der Waals surface area contributed by atoms with E-state index in [0.29, 0.717) is 0 Å². The molecule has 7 heteroatoms. The van der Waals surface area contributed by atoms with Crippen molar-refractivity contribution in [2.24, 2.45) is 0 Å². The molecule has 32 heavy (non-hydrogen) atoms. The summed E-state index contributed by atoms with van der Waals surface area (Å²) in [4.78, 5) is 16.0. The van der Waals surface area contributed by atoms with Crippen LogP contribution in [0.15, 0.2) is 36.5 Å². The molecule has 1 aliphatic heterocycles. The molecule has 2 N–H and O–H groups in total. The lowest BCUT2D eigenvalue weighted by atomic mass is 10.1. The molecule has 0 saturated carbocycles. The Bertz CT molecular complexity index is 1020. The van der Waals surface area contributed by atoms with Crippen molar-refractivity contribution in [1.82, 2.24) is 15.0 Å². The zero-order chi connectivity index (χ0) is 22.2. The van der Waals surface area contributed by atoms with E-state index in [1.165, 1.54) is 29.5 Å². The molecule has 1 saturated heterocycles. The lowest BCUT2D eigenvalue weighted by Crippen LogP contribution is -2.37. The number of fused-ring (bicyclic) bond motifs is 1. The molecule has 2 aromatic heterocycles. The van der Waals surface area contributed by atoms with E-state index in [9.17, 15) is 0 Å². The van der Waals surface area contributed by atoms with Gasteiger partial charge >= 0.3 is 0 Å². The second-order valence-corrected chi connectivity index (χ2v) is 8.44. The minimum absolute atomic E-state index is 0.742. The van der Waals surface area contributed by atoms with Crippen molar-refractivity contribution in [3.63, 3.8) is 0 Å². The molecule has 0 bridgehead atoms. The maximum Gasteiger partial charge on any atom is 0.227 e. The Labute approximate surface area is 190 Å². The van der Waals surface area contributed by atoms with Gasteiger partial charge in [0.15, 0.2) is 0 Å². The summed E-state index contributed by atoms with van der Waals surface area (Å²) in [5, 5.41) is 8.25. The molecule has 1 aromatic carbocycles. The van der Waals surface area contributed by atoms with Crippen LogP contribution in [0.5, 0.6) is 0 Å². The SMILES string of the molecule is Cc1ccc2c(NCCCCCCNc3cc(C)nc(N4CCOCC4)n3)ccnc2c1. The maximum atomic E-state index is 5.43. The highest BCUT2D eigenvalue weighted by atomic mass is 16.5. The van der Waals surface area contributed by atoms with Crippen LogP contribution in [0.4, 0.5) is 17.5 Å². The van der Waals surface area contributed by atoms with Gasteiger partial charge in [0.05, 0.1) is 18.7 Å². The molecule has 3 aromatic rings. The number of morpholine rings is 1. The molecular formula is C25H34N6O. The highest BCUT2D eigenvalue weighted by molar-refractivity contribution is 5.91. The van der Waals surface area contributed by atoms with Gasteiger partial charge in [-0.05, 0) is 44.4 Å². The van der Waals surface area contributed by atoms with Crippen molar-refractivity contribution >= 4 is 28.4 Å². The van der Waals surface area contributed by atoms with Crippen molar-refractivity contribution < 1.29 is 4.74 Å². The molecular weight excluding hydrogens is 400 g/mol. The Morgan fingerprint density at radius 1 is 0.906 bits per heavy atom. The van der Waals surface area contributed by atoms with E-state index in [-0.39, 0.29) is 0 Å². The van der Waals surface area contributed by atoms with Gasteiger partial charge in [0.2, 0.25) is 5.95 Å². The third-order valence-electron chi connectivity index (χ3n) is 5.76. The first kappa shape index (κ1) is 22.3. The predicted molar refractivity (Wildman–Crippen MR) is 132 cm³/mol. The summed E-state index contributed by atoms with van der Waals surface area (Å²) in [5.74, 6) is 1.72. The third kappa shape index (κ3) is 6.07. The monoisotopic (exact) mass is 434 g/mol. The van der Waals surface area contributed by atoms with Crippen molar-refractivity contribution in [1.29, 1.82) is 0 Å². The van der Waals surface area contributed by atoms with Crippen LogP contribution in [0.1, 0.15) is 36.9 Å². The summed E-state index contributed by atoms with van der Waals surface area (Å²) in [7, 11) is 0. The van der Waals surface area contributed by atoms with Gasteiger partial charge in [-0.25, -0.2) is 4.98 Å². The summed E-state index contributed by atoms with van der Waals surface area (Å²) < 4.78 is 5.43. The number of nitrogens with zero attached hydrogens (tertiary/aromatic N) is 4. The fraction of sp³-hybridized carbons (Fsp3) is 0.480. The summed E-state index contributed by atoms with van der Waals surface area (Å²) in [6.45, 7) is 9.23. The van der Waals surface area contributed by atoms with E-state index in [2.05, 4.69) is 56.7 Å². The largest absolute Gasteiger partial charge is 0.384 e. The molecule has 4 rings (SSSR count). The van der Waals surface area contributed by atoms with Crippen LogP contribution in [0.3, 0.4) is 0 Å². The first-order chi connectivity index (χ1) is 15.7. The second kappa shape index (κ2) is 11.1. The van der Waals surface area contributed by atoms with Gasteiger partial charge in [0, 0.05) is 55.2 Å². The van der Waals surface area contributed by atoms with Crippen LogP contribution in [0.2, 0.25) is 0 Å². The Balaban J connectivity index is 1.15. The van der Waals surface area contributed by atoms with Crippen LogP contribution in [0.25, 0.3) is 10.9 Å². The van der Waals surface area contributed by atoms with Gasteiger partial charge < -0.3 is 20.3 Å². The highest BCUT2D eigenvalue weighted by Gasteiger charge is 2.14. The summed E-state index contributed by atoms with van der Waals surface area (Å²) in [5.41, 5.74) is 4.46. The van der Waals surface area contributed by atoms with E-state index in [1.807, 2.05) is 19.2 Å². The number of unbranched alkanes of at least 4 members (excludes halogenated alkanes) is 3. The molecule has 7 nitrogen and oxygen atoms in total. The Kier molecular flexibility index (Phi) is 7.72. The van der Waals surface area contributed by atoms with Crippen LogP contribution in [0, 0.1) is 13.8 Å². The number of pyridine rings is 1. The summed E-state index contributed by atoms with van der Waals surface area (Å²) >= 11 is 0. The highest BCUT2D eigenvalue weighted by Crippen LogP contribution is 2.22. The molecule has 0 unspecified atom stereocenters. The van der Waals surface area contributed by atoms with Crippen LogP contribution in [-0.2, 0) is 4.74 Å². The summed E-state index contributed by atoms with van der Waals surface area (Å²) in [6, 6.07) is 10.5. The van der Waals surface area contributed by atoms with Gasteiger partial charge in [-0.15, -0.1) is 0 Å². The molecule has 0 atom stereocenters. The first-order valence-corrected chi connectivity index (χ1v) is 11.7. The topological polar surface area (TPSA) is 75.2 Å². The minimum atomic E-state index is 0.742. The summed E-state index contributed by atoms with van der Waals surface area (Å²) in [6.07, 6.45) is 6.58. The van der Waals surface area contributed by atoms with Crippen molar-refractivity contribution in [2.45, 2.75) is 39.5 Å². The zero-order valence-electron chi connectivity index (χ0n) is 19.2. The van der Waals surface area contributed by atoms with E-state index in [1.54, 1.807) is 0 Å². The van der Waals surface area contributed by atoms with Gasteiger partial charge in [0.25, 0.3) is 0 Å². The lowest BCUT2D eigenvalue weighted by molar-refractivity contribution is 0.122. The fourth-order valence-corrected chi connectivity index (χ4v) is 4.00. The number of hydrogen-bond donors (Lipinski definition) is 2. The fourth-order valence-electron chi connectivity index (χ4n) is 4.00. The van der Waals surface area contributed by atoms with Crippen molar-refractivity contribution in [3.05, 3.63) is 47.8 Å². The molecule has 0 aliphatic carbocycles. The van der Waals surface area contributed by atoms with Crippen LogP contribution < -0.4 is 15.5 Å².